The predicted octanol–water partition coefficient (Wildman–Crippen LogP) is 5.37. The van der Waals surface area contributed by atoms with E-state index in [4.69, 9.17) is 15.2 Å². The second-order valence-corrected chi connectivity index (χ2v) is 11.7. The fourth-order valence-corrected chi connectivity index (χ4v) is 6.04. The Kier molecular flexibility index (Phi) is 10.2. The summed E-state index contributed by atoms with van der Waals surface area (Å²) in [5, 5.41) is 4.57. The molecule has 0 spiro atoms. The van der Waals surface area contributed by atoms with Crippen molar-refractivity contribution >= 4 is 51.4 Å². The summed E-state index contributed by atoms with van der Waals surface area (Å²) in [4.78, 5) is 57.0. The zero-order chi connectivity index (χ0) is 33.7. The van der Waals surface area contributed by atoms with Gasteiger partial charge in [0.25, 0.3) is 5.91 Å². The Bertz CT molecular complexity index is 1800. The maximum Gasteiger partial charge on any atom is 0.337 e. The number of hydrogen-bond acceptors (Lipinski definition) is 8. The molecule has 4 aromatic carbocycles. The van der Waals surface area contributed by atoms with Crippen LogP contribution in [0.3, 0.4) is 0 Å². The standard InChI is InChI=1S/C37H40N4O6/c1-23(39-2)33(42)11-7-8-27-21-40(35(43)24-12-16-28(38)17-13-24)31-9-5-6-10-32(31)41(36(27)44)22-30-29-18-14-26(37(45)47-4)20-25(29)15-19-34(30)46-3/h5-6,9-10,12-20,23,27,39H,7-8,11,21-22,38H2,1-4H3/t23-,27?/m0/s1. The van der Waals surface area contributed by atoms with Crippen LogP contribution in [0.1, 0.15) is 52.5 Å². The first-order valence-electron chi connectivity index (χ1n) is 15.6. The maximum atomic E-state index is 14.6. The molecule has 2 atom stereocenters. The van der Waals surface area contributed by atoms with Gasteiger partial charge in [-0.1, -0.05) is 24.3 Å². The first-order valence-corrected chi connectivity index (χ1v) is 15.6. The molecule has 1 unspecified atom stereocenters. The SMILES string of the molecule is CN[C@@H](C)C(=O)CCCC1CN(C(=O)c2ccc(N)cc2)c2ccccc2N(Cc2c(OC)ccc3cc(C(=O)OC)ccc23)C1=O. The third-order valence-electron chi connectivity index (χ3n) is 8.82. The van der Waals surface area contributed by atoms with E-state index in [9.17, 15) is 19.2 Å². The predicted molar refractivity (Wildman–Crippen MR) is 183 cm³/mol. The molecule has 244 valence electrons. The Morgan fingerprint density at radius 3 is 2.34 bits per heavy atom. The Morgan fingerprint density at radius 2 is 1.66 bits per heavy atom. The van der Waals surface area contributed by atoms with Crippen LogP contribution in [0.2, 0.25) is 0 Å². The summed E-state index contributed by atoms with van der Waals surface area (Å²) >= 11 is 0. The van der Waals surface area contributed by atoms with Gasteiger partial charge in [-0.15, -0.1) is 0 Å². The van der Waals surface area contributed by atoms with Gasteiger partial charge >= 0.3 is 5.97 Å². The molecule has 4 aromatic rings. The van der Waals surface area contributed by atoms with Crippen LogP contribution < -0.4 is 25.6 Å². The third-order valence-corrected chi connectivity index (χ3v) is 8.82. The highest BCUT2D eigenvalue weighted by Gasteiger charge is 2.37. The molecular weight excluding hydrogens is 596 g/mol. The lowest BCUT2D eigenvalue weighted by atomic mass is 9.96. The van der Waals surface area contributed by atoms with Crippen molar-refractivity contribution in [2.45, 2.75) is 38.8 Å². The largest absolute Gasteiger partial charge is 0.496 e. The molecule has 0 aromatic heterocycles. The summed E-state index contributed by atoms with van der Waals surface area (Å²) in [5.74, 6) is -0.812. The number of ketones is 1. The topological polar surface area (TPSA) is 131 Å². The molecule has 0 radical (unpaired) electrons. The number of amides is 2. The van der Waals surface area contributed by atoms with Crippen LogP contribution in [0.25, 0.3) is 10.8 Å². The molecule has 0 saturated carbocycles. The molecule has 0 saturated heterocycles. The Morgan fingerprint density at radius 1 is 0.957 bits per heavy atom. The maximum absolute atomic E-state index is 14.6. The van der Waals surface area contributed by atoms with E-state index >= 15 is 0 Å². The summed E-state index contributed by atoms with van der Waals surface area (Å²) in [6.45, 7) is 2.10. The van der Waals surface area contributed by atoms with Gasteiger partial charge in [0, 0.05) is 29.8 Å². The molecule has 1 heterocycles. The smallest absolute Gasteiger partial charge is 0.337 e. The minimum Gasteiger partial charge on any atom is -0.496 e. The van der Waals surface area contributed by atoms with E-state index in [-0.39, 0.29) is 36.7 Å². The molecule has 0 aliphatic carbocycles. The lowest BCUT2D eigenvalue weighted by Crippen LogP contribution is -2.40. The summed E-state index contributed by atoms with van der Waals surface area (Å²) < 4.78 is 10.7. The number of ether oxygens (including phenoxy) is 2. The van der Waals surface area contributed by atoms with E-state index in [1.54, 1.807) is 60.4 Å². The number of para-hydroxylation sites is 2. The van der Waals surface area contributed by atoms with Crippen LogP contribution in [0.4, 0.5) is 17.1 Å². The van der Waals surface area contributed by atoms with Gasteiger partial charge in [0.05, 0.1) is 49.7 Å². The monoisotopic (exact) mass is 636 g/mol. The number of nitrogens with one attached hydrogen (secondary N) is 1. The van der Waals surface area contributed by atoms with Gasteiger partial charge in [0.1, 0.15) is 11.5 Å². The van der Waals surface area contributed by atoms with Gasteiger partial charge in [0.2, 0.25) is 5.91 Å². The van der Waals surface area contributed by atoms with Gasteiger partial charge < -0.3 is 30.3 Å². The molecule has 0 fully saturated rings. The summed E-state index contributed by atoms with van der Waals surface area (Å²) in [5.41, 5.74) is 9.22. The number of rotatable bonds is 11. The number of carbonyl (C=O) groups excluding carboxylic acids is 4. The first kappa shape index (κ1) is 33.2. The molecule has 5 rings (SSSR count). The molecule has 1 aliphatic rings. The molecule has 10 nitrogen and oxygen atoms in total. The highest BCUT2D eigenvalue weighted by Crippen LogP contribution is 2.39. The van der Waals surface area contributed by atoms with Crippen LogP contribution in [0.15, 0.2) is 78.9 Å². The lowest BCUT2D eigenvalue weighted by molar-refractivity contribution is -0.123. The minimum absolute atomic E-state index is 0.0651. The van der Waals surface area contributed by atoms with Crippen LogP contribution in [-0.2, 0) is 20.9 Å². The van der Waals surface area contributed by atoms with Crippen LogP contribution >= 0.6 is 0 Å². The van der Waals surface area contributed by atoms with Crippen molar-refractivity contribution in [3.8, 4) is 5.75 Å². The number of anilines is 3. The number of fused-ring (bicyclic) bond motifs is 2. The van der Waals surface area contributed by atoms with E-state index in [2.05, 4.69) is 5.32 Å². The van der Waals surface area contributed by atoms with Gasteiger partial charge in [0.15, 0.2) is 0 Å². The van der Waals surface area contributed by atoms with Crippen molar-refractivity contribution in [2.24, 2.45) is 5.92 Å². The molecule has 10 heteroatoms. The number of benzene rings is 4. The average molecular weight is 637 g/mol. The summed E-state index contributed by atoms with van der Waals surface area (Å²) in [6, 6.07) is 22.7. The molecule has 1 aliphatic heterocycles. The Hall–Kier alpha value is -5.22. The number of carbonyl (C=O) groups is 4. The van der Waals surface area contributed by atoms with E-state index in [0.29, 0.717) is 53.2 Å². The van der Waals surface area contributed by atoms with Gasteiger partial charge in [-0.2, -0.15) is 0 Å². The van der Waals surface area contributed by atoms with Crippen LogP contribution in [0, 0.1) is 5.92 Å². The second kappa shape index (κ2) is 14.5. The first-order chi connectivity index (χ1) is 22.7. The van der Waals surface area contributed by atoms with Crippen LogP contribution in [0.5, 0.6) is 5.75 Å². The van der Waals surface area contributed by atoms with Crippen molar-refractivity contribution in [3.63, 3.8) is 0 Å². The number of esters is 1. The van der Waals surface area contributed by atoms with Gasteiger partial charge in [-0.3, -0.25) is 14.4 Å². The van der Waals surface area contributed by atoms with E-state index in [1.165, 1.54) is 7.11 Å². The molecule has 3 N–H and O–H groups in total. The fourth-order valence-electron chi connectivity index (χ4n) is 6.04. The number of nitrogens with two attached hydrogens (primary N) is 1. The van der Waals surface area contributed by atoms with Crippen molar-refractivity contribution in [3.05, 3.63) is 95.6 Å². The zero-order valence-electron chi connectivity index (χ0n) is 27.1. The Balaban J connectivity index is 1.59. The van der Waals surface area contributed by atoms with Crippen molar-refractivity contribution in [1.82, 2.24) is 5.32 Å². The third kappa shape index (κ3) is 6.97. The number of likely N-dealkylation sites (N-methyl/N-ethyl adjacent to an activating group) is 1. The fraction of sp³-hybridized carbons (Fsp3) is 0.297. The zero-order valence-corrected chi connectivity index (χ0v) is 27.1. The minimum atomic E-state index is -0.593. The van der Waals surface area contributed by atoms with Gasteiger partial charge in [-0.05, 0) is 92.2 Å². The van der Waals surface area contributed by atoms with E-state index in [0.717, 1.165) is 16.3 Å². The Labute approximate surface area is 274 Å². The van der Waals surface area contributed by atoms with Gasteiger partial charge in [-0.25, -0.2) is 4.79 Å². The molecule has 2 amide bonds. The molecule has 0 bridgehead atoms. The van der Waals surface area contributed by atoms with E-state index in [1.807, 2.05) is 49.4 Å². The highest BCUT2D eigenvalue weighted by molar-refractivity contribution is 6.12. The van der Waals surface area contributed by atoms with E-state index < -0.39 is 11.9 Å². The average Bonchev–Trinajstić information content (AvgIpc) is 3.21. The van der Waals surface area contributed by atoms with Crippen molar-refractivity contribution < 1.29 is 28.7 Å². The normalized spacial score (nSPS) is 15.1. The highest BCUT2D eigenvalue weighted by atomic mass is 16.5. The summed E-state index contributed by atoms with van der Waals surface area (Å²) in [7, 11) is 4.65. The molecular formula is C37H40N4O6. The van der Waals surface area contributed by atoms with Crippen molar-refractivity contribution in [1.29, 1.82) is 0 Å². The number of Topliss-reactive ketones (excluding diaryl/α,β-unsaturated/α-hetero) is 1. The number of methoxy groups -OCH3 is 2. The number of nitrogens with zero attached hydrogens (tertiary/aromatic N) is 2. The van der Waals surface area contributed by atoms with Crippen LogP contribution in [-0.4, -0.2) is 57.4 Å². The number of hydrogen-bond donors (Lipinski definition) is 2. The number of nitrogen functional groups attached to an aromatic ring is 1. The lowest BCUT2D eigenvalue weighted by Gasteiger charge is -2.27. The summed E-state index contributed by atoms with van der Waals surface area (Å²) in [6.07, 6.45) is 1.21. The van der Waals surface area contributed by atoms with Crippen molar-refractivity contribution in [2.75, 3.05) is 43.3 Å². The quantitative estimate of drug-likeness (QED) is 0.166. The molecule has 47 heavy (non-hydrogen) atoms. The second-order valence-electron chi connectivity index (χ2n) is 11.7.